The molecular formula is C15H18O3. The third-order valence-corrected chi connectivity index (χ3v) is 2.84. The van der Waals surface area contributed by atoms with E-state index < -0.39 is 0 Å². The van der Waals surface area contributed by atoms with Crippen LogP contribution in [0.25, 0.3) is 0 Å². The summed E-state index contributed by atoms with van der Waals surface area (Å²) in [5, 5.41) is 0. The van der Waals surface area contributed by atoms with Crippen LogP contribution < -0.4 is 9.47 Å². The van der Waals surface area contributed by atoms with E-state index in [2.05, 4.69) is 25.7 Å². The molecule has 0 fully saturated rings. The Kier molecular flexibility index (Phi) is 4.11. The lowest BCUT2D eigenvalue weighted by atomic mass is 9.98. The molecule has 0 saturated carbocycles. The minimum Gasteiger partial charge on any atom is -0.454 e. The zero-order valence-corrected chi connectivity index (χ0v) is 11.0. The molecule has 1 aliphatic rings. The highest BCUT2D eigenvalue weighted by Crippen LogP contribution is 2.36. The number of rotatable bonds is 4. The van der Waals surface area contributed by atoms with Gasteiger partial charge in [-0.2, -0.15) is 0 Å². The summed E-state index contributed by atoms with van der Waals surface area (Å²) in [6, 6.07) is 5.95. The van der Waals surface area contributed by atoms with Crippen molar-refractivity contribution in [3.63, 3.8) is 0 Å². The molecule has 1 aromatic carbocycles. The van der Waals surface area contributed by atoms with Crippen LogP contribution in [0.15, 0.2) is 18.2 Å². The van der Waals surface area contributed by atoms with Crippen LogP contribution in [0.1, 0.15) is 32.4 Å². The lowest BCUT2D eigenvalue weighted by Gasteiger charge is -2.21. The van der Waals surface area contributed by atoms with Crippen LogP contribution in [-0.2, 0) is 4.74 Å². The van der Waals surface area contributed by atoms with Crippen LogP contribution in [0, 0.1) is 17.8 Å². The Morgan fingerprint density at radius 1 is 1.28 bits per heavy atom. The van der Waals surface area contributed by atoms with E-state index in [0.717, 1.165) is 17.1 Å². The number of hydrogen-bond donors (Lipinski definition) is 0. The van der Waals surface area contributed by atoms with Crippen LogP contribution in [-0.4, -0.2) is 13.4 Å². The van der Waals surface area contributed by atoms with E-state index in [0.29, 0.717) is 19.3 Å². The second kappa shape index (κ2) is 5.79. The third-order valence-electron chi connectivity index (χ3n) is 2.84. The van der Waals surface area contributed by atoms with Crippen LogP contribution in [0.2, 0.25) is 0 Å². The maximum Gasteiger partial charge on any atom is 0.231 e. The summed E-state index contributed by atoms with van der Waals surface area (Å²) in [7, 11) is 0. The van der Waals surface area contributed by atoms with Gasteiger partial charge in [-0.15, -0.1) is 5.92 Å². The van der Waals surface area contributed by atoms with Crippen molar-refractivity contribution in [3.8, 4) is 23.3 Å². The molecule has 0 aliphatic carbocycles. The van der Waals surface area contributed by atoms with Gasteiger partial charge in [-0.3, -0.25) is 0 Å². The zero-order chi connectivity index (χ0) is 13.0. The second-order valence-corrected chi connectivity index (χ2v) is 4.52. The third kappa shape index (κ3) is 2.77. The summed E-state index contributed by atoms with van der Waals surface area (Å²) < 4.78 is 16.5. The number of benzene rings is 1. The molecule has 0 N–H and O–H groups in total. The summed E-state index contributed by atoms with van der Waals surface area (Å²) in [5.41, 5.74) is 1.10. The molecule has 1 aliphatic heterocycles. The van der Waals surface area contributed by atoms with E-state index in [1.54, 1.807) is 0 Å². The molecule has 3 nitrogen and oxygen atoms in total. The molecule has 18 heavy (non-hydrogen) atoms. The van der Waals surface area contributed by atoms with Gasteiger partial charge in [0.2, 0.25) is 6.79 Å². The number of hydrogen-bond acceptors (Lipinski definition) is 3. The summed E-state index contributed by atoms with van der Waals surface area (Å²) >= 11 is 0. The molecular weight excluding hydrogens is 228 g/mol. The van der Waals surface area contributed by atoms with E-state index in [9.17, 15) is 0 Å². The smallest absolute Gasteiger partial charge is 0.231 e. The molecule has 0 saturated heterocycles. The summed E-state index contributed by atoms with van der Waals surface area (Å²) in [6.07, 6.45) is 0.0281. The number of fused-ring (bicyclic) bond motifs is 1. The average Bonchev–Trinajstić information content (AvgIpc) is 2.81. The molecule has 1 heterocycles. The summed E-state index contributed by atoms with van der Waals surface area (Å²) in [4.78, 5) is 0. The van der Waals surface area contributed by atoms with E-state index in [1.807, 2.05) is 25.1 Å². The molecule has 0 radical (unpaired) electrons. The molecule has 3 heteroatoms. The van der Waals surface area contributed by atoms with Crippen molar-refractivity contribution in [1.82, 2.24) is 0 Å². The largest absolute Gasteiger partial charge is 0.454 e. The van der Waals surface area contributed by atoms with E-state index >= 15 is 0 Å². The molecule has 0 spiro atoms. The van der Waals surface area contributed by atoms with E-state index in [1.165, 1.54) is 0 Å². The minimum atomic E-state index is 0.0281. The predicted molar refractivity (Wildman–Crippen MR) is 69.5 cm³/mol. The van der Waals surface area contributed by atoms with Crippen LogP contribution in [0.3, 0.4) is 0 Å². The SMILES string of the molecule is CC#CCOC(c1ccc2c(c1)OCO2)C(C)C. The highest BCUT2D eigenvalue weighted by Gasteiger charge is 2.20. The Bertz CT molecular complexity index is 468. The normalized spacial score (nSPS) is 14.2. The summed E-state index contributed by atoms with van der Waals surface area (Å²) in [5.74, 6) is 7.74. The Morgan fingerprint density at radius 2 is 2.06 bits per heavy atom. The first-order valence-corrected chi connectivity index (χ1v) is 6.13. The van der Waals surface area contributed by atoms with Gasteiger partial charge in [0.1, 0.15) is 6.61 Å². The fourth-order valence-electron chi connectivity index (χ4n) is 1.97. The zero-order valence-electron chi connectivity index (χ0n) is 11.0. The van der Waals surface area contributed by atoms with Gasteiger partial charge in [0, 0.05) is 0 Å². The van der Waals surface area contributed by atoms with Crippen molar-refractivity contribution in [2.45, 2.75) is 26.9 Å². The first-order chi connectivity index (χ1) is 8.72. The Balaban J connectivity index is 2.16. The van der Waals surface area contributed by atoms with Crippen molar-refractivity contribution in [1.29, 1.82) is 0 Å². The monoisotopic (exact) mass is 246 g/mol. The lowest BCUT2D eigenvalue weighted by molar-refractivity contribution is 0.0425. The second-order valence-electron chi connectivity index (χ2n) is 4.52. The van der Waals surface area contributed by atoms with Gasteiger partial charge in [-0.25, -0.2) is 0 Å². The lowest BCUT2D eigenvalue weighted by Crippen LogP contribution is -2.11. The first-order valence-electron chi connectivity index (χ1n) is 6.13. The quantitative estimate of drug-likeness (QED) is 0.764. The highest BCUT2D eigenvalue weighted by atomic mass is 16.7. The van der Waals surface area contributed by atoms with Crippen molar-refractivity contribution in [2.24, 2.45) is 5.92 Å². The fourth-order valence-corrected chi connectivity index (χ4v) is 1.97. The van der Waals surface area contributed by atoms with Crippen molar-refractivity contribution >= 4 is 0 Å². The van der Waals surface area contributed by atoms with Gasteiger partial charge in [0.05, 0.1) is 6.10 Å². The van der Waals surface area contributed by atoms with Crippen LogP contribution in [0.4, 0.5) is 0 Å². The van der Waals surface area contributed by atoms with Crippen LogP contribution >= 0.6 is 0 Å². The molecule has 0 bridgehead atoms. The van der Waals surface area contributed by atoms with E-state index in [4.69, 9.17) is 14.2 Å². The van der Waals surface area contributed by atoms with Gasteiger partial charge in [-0.05, 0) is 30.5 Å². The maximum atomic E-state index is 5.82. The predicted octanol–water partition coefficient (Wildman–Crippen LogP) is 3.15. The fraction of sp³-hybridized carbons (Fsp3) is 0.467. The Labute approximate surface area is 108 Å². The van der Waals surface area contributed by atoms with Gasteiger partial charge in [-0.1, -0.05) is 25.8 Å². The van der Waals surface area contributed by atoms with Crippen molar-refractivity contribution in [2.75, 3.05) is 13.4 Å². The molecule has 1 atom stereocenters. The highest BCUT2D eigenvalue weighted by molar-refractivity contribution is 5.45. The molecule has 2 rings (SSSR count). The first kappa shape index (κ1) is 12.8. The van der Waals surface area contributed by atoms with Crippen molar-refractivity contribution in [3.05, 3.63) is 23.8 Å². The van der Waals surface area contributed by atoms with Gasteiger partial charge in [0.15, 0.2) is 11.5 Å². The standard InChI is InChI=1S/C15H18O3/c1-4-5-8-16-15(11(2)3)12-6-7-13-14(9-12)18-10-17-13/h6-7,9,11,15H,8,10H2,1-3H3. The average molecular weight is 246 g/mol. The van der Waals surface area contributed by atoms with E-state index in [-0.39, 0.29) is 6.10 Å². The van der Waals surface area contributed by atoms with Gasteiger partial charge >= 0.3 is 0 Å². The number of ether oxygens (including phenoxy) is 3. The maximum absolute atomic E-state index is 5.82. The Morgan fingerprint density at radius 3 is 2.78 bits per heavy atom. The topological polar surface area (TPSA) is 27.7 Å². The Hall–Kier alpha value is -1.66. The minimum absolute atomic E-state index is 0.0281. The molecule has 1 unspecified atom stereocenters. The molecule has 1 aromatic rings. The van der Waals surface area contributed by atoms with Crippen LogP contribution in [0.5, 0.6) is 11.5 Å². The molecule has 96 valence electrons. The van der Waals surface area contributed by atoms with Gasteiger partial charge < -0.3 is 14.2 Å². The van der Waals surface area contributed by atoms with Crippen molar-refractivity contribution < 1.29 is 14.2 Å². The van der Waals surface area contributed by atoms with Gasteiger partial charge in [0.25, 0.3) is 0 Å². The molecule has 0 aromatic heterocycles. The summed E-state index contributed by atoms with van der Waals surface area (Å²) in [6.45, 7) is 6.83. The molecule has 0 amide bonds.